The van der Waals surface area contributed by atoms with E-state index >= 15 is 0 Å². The predicted octanol–water partition coefficient (Wildman–Crippen LogP) is 4.09. The third-order valence-corrected chi connectivity index (χ3v) is 6.33. The van der Waals surface area contributed by atoms with Crippen molar-refractivity contribution in [2.75, 3.05) is 18.1 Å². The Morgan fingerprint density at radius 1 is 1.17 bits per heavy atom. The molecule has 2 heterocycles. The predicted molar refractivity (Wildman–Crippen MR) is 111 cm³/mol. The van der Waals surface area contributed by atoms with E-state index in [4.69, 9.17) is 9.47 Å². The molecule has 1 aliphatic heterocycles. The Morgan fingerprint density at radius 3 is 2.77 bits per heavy atom. The minimum atomic E-state index is -0.691. The van der Waals surface area contributed by atoms with Crippen molar-refractivity contribution in [1.29, 1.82) is 0 Å². The van der Waals surface area contributed by atoms with Crippen LogP contribution in [0.25, 0.3) is 0 Å². The van der Waals surface area contributed by atoms with Gasteiger partial charge in [-0.05, 0) is 58.8 Å². The number of nitrogens with zero attached hydrogens (tertiary/aromatic N) is 2. The molecule has 1 aromatic heterocycles. The van der Waals surface area contributed by atoms with E-state index in [1.165, 1.54) is 30.0 Å². The molecule has 0 bridgehead atoms. The van der Waals surface area contributed by atoms with Crippen LogP contribution in [0, 0.1) is 11.7 Å². The van der Waals surface area contributed by atoms with Crippen molar-refractivity contribution in [2.24, 2.45) is 5.92 Å². The lowest BCUT2D eigenvalue weighted by Gasteiger charge is -2.18. The minimum Gasteiger partial charge on any atom is -0.479 e. The fourth-order valence-corrected chi connectivity index (χ4v) is 4.34. The van der Waals surface area contributed by atoms with Crippen molar-refractivity contribution in [2.45, 2.75) is 38.2 Å². The molecule has 5 rings (SSSR count). The third-order valence-electron chi connectivity index (χ3n) is 5.76. The smallest absolute Gasteiger partial charge is 0.268 e. The lowest BCUT2D eigenvalue weighted by Crippen LogP contribution is -2.32. The van der Waals surface area contributed by atoms with Crippen LogP contribution in [0.15, 0.2) is 28.9 Å². The number of halogens is 2. The van der Waals surface area contributed by atoms with Crippen LogP contribution in [0.4, 0.5) is 10.1 Å². The summed E-state index contributed by atoms with van der Waals surface area (Å²) in [6.07, 6.45) is 4.44. The summed E-state index contributed by atoms with van der Waals surface area (Å²) >= 11 is 3.44. The summed E-state index contributed by atoms with van der Waals surface area (Å²) in [7, 11) is 0. The topological polar surface area (TPSA) is 68.7 Å². The molecule has 156 valence electrons. The monoisotopic (exact) mass is 474 g/mol. The number of ketones is 1. The standard InChI is InChI=1S/C22H20BrFN2O4/c23-17-9-14(10-25-21(17)29-11-12-1-2-12)30-20-5-6-26(22(20)28)13-7-16-15(18(24)8-13)3-4-19(16)27/h7-10,12,20H,1-6,11H2/t20-/m1/s1. The Hall–Kier alpha value is -2.48. The SMILES string of the molecule is O=C1CCc2c(F)cc(N3CC[C@@H](Oc4cnc(OCC5CC5)c(Br)c4)C3=O)cc21. The maximum atomic E-state index is 14.4. The number of anilines is 1. The fraction of sp³-hybridized carbons (Fsp3) is 0.409. The summed E-state index contributed by atoms with van der Waals surface area (Å²) in [6, 6.07) is 4.69. The Morgan fingerprint density at radius 2 is 2.00 bits per heavy atom. The van der Waals surface area contributed by atoms with Gasteiger partial charge in [0.05, 0.1) is 17.3 Å². The summed E-state index contributed by atoms with van der Waals surface area (Å²) in [5.74, 6) is 0.815. The molecule has 0 spiro atoms. The van der Waals surface area contributed by atoms with Crippen LogP contribution in [0.3, 0.4) is 0 Å². The number of fused-ring (bicyclic) bond motifs is 1. The first-order valence-corrected chi connectivity index (χ1v) is 10.9. The van der Waals surface area contributed by atoms with E-state index < -0.39 is 11.9 Å². The summed E-state index contributed by atoms with van der Waals surface area (Å²) in [5, 5.41) is 0. The Balaban J connectivity index is 1.28. The van der Waals surface area contributed by atoms with Gasteiger partial charge in [-0.1, -0.05) is 0 Å². The van der Waals surface area contributed by atoms with Crippen LogP contribution in [0.5, 0.6) is 11.6 Å². The molecule has 2 aliphatic carbocycles. The van der Waals surface area contributed by atoms with Crippen LogP contribution in [-0.2, 0) is 11.2 Å². The van der Waals surface area contributed by atoms with E-state index in [1.54, 1.807) is 12.1 Å². The number of Topliss-reactive ketones (excluding diaryl/α,β-unsaturated/α-hetero) is 1. The van der Waals surface area contributed by atoms with E-state index in [9.17, 15) is 14.0 Å². The number of pyridine rings is 1. The van der Waals surface area contributed by atoms with Crippen molar-refractivity contribution in [1.82, 2.24) is 4.98 Å². The highest BCUT2D eigenvalue weighted by Gasteiger charge is 2.36. The first kappa shape index (κ1) is 19.5. The summed E-state index contributed by atoms with van der Waals surface area (Å²) in [5.41, 5.74) is 1.24. The largest absolute Gasteiger partial charge is 0.479 e. The molecule has 0 radical (unpaired) electrons. The van der Waals surface area contributed by atoms with E-state index in [-0.39, 0.29) is 11.7 Å². The highest BCUT2D eigenvalue weighted by Crippen LogP contribution is 2.34. The average molecular weight is 475 g/mol. The molecule has 8 heteroatoms. The summed E-state index contributed by atoms with van der Waals surface area (Å²) < 4.78 is 26.6. The number of carbonyl (C=O) groups excluding carboxylic acids is 2. The molecule has 3 aliphatic rings. The first-order chi connectivity index (χ1) is 14.5. The van der Waals surface area contributed by atoms with Crippen LogP contribution < -0.4 is 14.4 Å². The van der Waals surface area contributed by atoms with E-state index in [0.29, 0.717) is 71.2 Å². The van der Waals surface area contributed by atoms with Gasteiger partial charge in [0.1, 0.15) is 11.6 Å². The van der Waals surface area contributed by atoms with Crippen molar-refractivity contribution < 1.29 is 23.5 Å². The lowest BCUT2D eigenvalue weighted by molar-refractivity contribution is -0.122. The zero-order valence-electron chi connectivity index (χ0n) is 16.2. The molecular formula is C22H20BrFN2O4. The molecule has 0 unspecified atom stereocenters. The summed E-state index contributed by atoms with van der Waals surface area (Å²) in [4.78, 5) is 30.6. The van der Waals surface area contributed by atoms with Crippen LogP contribution in [0.1, 0.15) is 41.6 Å². The van der Waals surface area contributed by atoms with Gasteiger partial charge in [0, 0.05) is 36.7 Å². The number of rotatable bonds is 6. The molecule has 1 atom stereocenters. The van der Waals surface area contributed by atoms with E-state index in [2.05, 4.69) is 20.9 Å². The van der Waals surface area contributed by atoms with Gasteiger partial charge < -0.3 is 14.4 Å². The Labute approximate surface area is 181 Å². The van der Waals surface area contributed by atoms with Crippen molar-refractivity contribution >= 4 is 33.3 Å². The van der Waals surface area contributed by atoms with Gasteiger partial charge in [-0.25, -0.2) is 9.37 Å². The minimum absolute atomic E-state index is 0.0786. The van der Waals surface area contributed by atoms with Gasteiger partial charge in [0.2, 0.25) is 5.88 Å². The molecule has 2 aromatic rings. The van der Waals surface area contributed by atoms with Crippen LogP contribution in [-0.4, -0.2) is 35.9 Å². The zero-order chi connectivity index (χ0) is 20.8. The van der Waals surface area contributed by atoms with Gasteiger partial charge in [-0.15, -0.1) is 0 Å². The molecule has 6 nitrogen and oxygen atoms in total. The van der Waals surface area contributed by atoms with Crippen LogP contribution in [0.2, 0.25) is 0 Å². The van der Waals surface area contributed by atoms with Gasteiger partial charge in [0.15, 0.2) is 11.9 Å². The Kier molecular flexibility index (Phi) is 4.97. The van der Waals surface area contributed by atoms with E-state index in [0.717, 1.165) is 0 Å². The molecule has 0 N–H and O–H groups in total. The maximum Gasteiger partial charge on any atom is 0.268 e. The maximum absolute atomic E-state index is 14.4. The number of aromatic nitrogens is 1. The van der Waals surface area contributed by atoms with E-state index in [1.807, 2.05) is 0 Å². The summed E-state index contributed by atoms with van der Waals surface area (Å²) in [6.45, 7) is 1.05. The van der Waals surface area contributed by atoms with Crippen molar-refractivity contribution in [3.05, 3.63) is 45.8 Å². The molecule has 2 fully saturated rings. The molecule has 1 saturated heterocycles. The number of ether oxygens (including phenoxy) is 2. The number of hydrogen-bond donors (Lipinski definition) is 0. The highest BCUT2D eigenvalue weighted by molar-refractivity contribution is 9.10. The second-order valence-electron chi connectivity index (χ2n) is 7.97. The molecular weight excluding hydrogens is 455 g/mol. The normalized spacial score (nSPS) is 20.6. The number of amides is 1. The Bertz CT molecular complexity index is 1040. The third kappa shape index (κ3) is 3.69. The second kappa shape index (κ2) is 7.65. The van der Waals surface area contributed by atoms with Gasteiger partial charge in [-0.3, -0.25) is 9.59 Å². The number of hydrogen-bond acceptors (Lipinski definition) is 5. The van der Waals surface area contributed by atoms with Crippen molar-refractivity contribution in [3.63, 3.8) is 0 Å². The molecule has 30 heavy (non-hydrogen) atoms. The first-order valence-electron chi connectivity index (χ1n) is 10.1. The number of carbonyl (C=O) groups is 2. The molecule has 1 saturated carbocycles. The van der Waals surface area contributed by atoms with Crippen LogP contribution >= 0.6 is 15.9 Å². The lowest BCUT2D eigenvalue weighted by atomic mass is 10.1. The number of benzene rings is 1. The van der Waals surface area contributed by atoms with Gasteiger partial charge in [-0.2, -0.15) is 0 Å². The van der Waals surface area contributed by atoms with Gasteiger partial charge in [0.25, 0.3) is 5.91 Å². The zero-order valence-corrected chi connectivity index (χ0v) is 17.8. The van der Waals surface area contributed by atoms with Gasteiger partial charge >= 0.3 is 0 Å². The van der Waals surface area contributed by atoms with Crippen molar-refractivity contribution in [3.8, 4) is 11.6 Å². The molecule has 1 amide bonds. The highest BCUT2D eigenvalue weighted by atomic mass is 79.9. The quantitative estimate of drug-likeness (QED) is 0.630. The fourth-order valence-electron chi connectivity index (χ4n) is 3.90. The average Bonchev–Trinajstić information content (AvgIpc) is 3.38. The molecule has 1 aromatic carbocycles. The second-order valence-corrected chi connectivity index (χ2v) is 8.83.